The van der Waals surface area contributed by atoms with Crippen LogP contribution in [0, 0.1) is 5.92 Å². The van der Waals surface area contributed by atoms with E-state index in [9.17, 15) is 4.79 Å². The Morgan fingerprint density at radius 2 is 1.95 bits per heavy atom. The predicted molar refractivity (Wildman–Crippen MR) is 82.9 cm³/mol. The highest BCUT2D eigenvalue weighted by molar-refractivity contribution is 5.67. The Morgan fingerprint density at radius 3 is 2.40 bits per heavy atom. The number of amides is 1. The summed E-state index contributed by atoms with van der Waals surface area (Å²) in [5, 5.41) is 6.60. The zero-order valence-electron chi connectivity index (χ0n) is 13.8. The van der Waals surface area contributed by atoms with Gasteiger partial charge in [-0.15, -0.1) is 0 Å². The lowest BCUT2D eigenvalue weighted by molar-refractivity contribution is 0.0520. The van der Waals surface area contributed by atoms with Gasteiger partial charge >= 0.3 is 6.09 Å². The van der Waals surface area contributed by atoms with Crippen LogP contribution in [0.15, 0.2) is 0 Å². The van der Waals surface area contributed by atoms with Crippen LogP contribution in [0.1, 0.15) is 66.7 Å². The molecule has 0 heterocycles. The lowest BCUT2D eigenvalue weighted by Gasteiger charge is -2.26. The number of carbonyl (C=O) groups excluding carboxylic acids is 1. The van der Waals surface area contributed by atoms with Crippen molar-refractivity contribution >= 4 is 6.09 Å². The van der Waals surface area contributed by atoms with Crippen LogP contribution in [0.5, 0.6) is 0 Å². The summed E-state index contributed by atoms with van der Waals surface area (Å²) in [5.41, 5.74) is -0.433. The number of carbonyl (C=O) groups is 1. The molecule has 2 unspecified atom stereocenters. The molecule has 0 aromatic heterocycles. The highest BCUT2D eigenvalue weighted by Gasteiger charge is 2.31. The maximum atomic E-state index is 11.7. The van der Waals surface area contributed by atoms with Crippen molar-refractivity contribution in [1.29, 1.82) is 0 Å². The smallest absolute Gasteiger partial charge is 0.407 e. The van der Waals surface area contributed by atoms with Gasteiger partial charge in [-0.1, -0.05) is 20.3 Å². The van der Waals surface area contributed by atoms with Crippen molar-refractivity contribution in [3.8, 4) is 0 Å². The van der Waals surface area contributed by atoms with Crippen molar-refractivity contribution in [2.24, 2.45) is 5.92 Å². The molecular formula is C16H32N2O2. The van der Waals surface area contributed by atoms with E-state index in [-0.39, 0.29) is 6.09 Å². The van der Waals surface area contributed by atoms with E-state index in [4.69, 9.17) is 4.74 Å². The topological polar surface area (TPSA) is 50.4 Å². The first kappa shape index (κ1) is 17.3. The third kappa shape index (κ3) is 7.13. The van der Waals surface area contributed by atoms with Gasteiger partial charge in [-0.05, 0) is 52.4 Å². The summed E-state index contributed by atoms with van der Waals surface area (Å²) in [4.78, 5) is 11.7. The molecule has 4 nitrogen and oxygen atoms in total. The average Bonchev–Trinajstić information content (AvgIpc) is 3.14. The number of hydrogen-bond acceptors (Lipinski definition) is 3. The number of alkyl carbamates (subject to hydrolysis) is 1. The SMILES string of the molecule is CCCC(CNC(=O)OC(C)(C)C)NC(CC)C1CC1. The Bertz CT molecular complexity index is 295. The summed E-state index contributed by atoms with van der Waals surface area (Å²) in [6, 6.07) is 0.949. The molecule has 2 N–H and O–H groups in total. The quantitative estimate of drug-likeness (QED) is 0.717. The molecule has 1 rings (SSSR count). The van der Waals surface area contributed by atoms with Crippen molar-refractivity contribution in [3.63, 3.8) is 0 Å². The normalized spacial score (nSPS) is 18.4. The summed E-state index contributed by atoms with van der Waals surface area (Å²) >= 11 is 0. The highest BCUT2D eigenvalue weighted by atomic mass is 16.6. The zero-order chi connectivity index (χ0) is 15.2. The Hall–Kier alpha value is -0.770. The first-order valence-electron chi connectivity index (χ1n) is 8.08. The van der Waals surface area contributed by atoms with Crippen LogP contribution in [0.4, 0.5) is 4.79 Å². The van der Waals surface area contributed by atoms with Gasteiger partial charge in [0.05, 0.1) is 0 Å². The molecule has 118 valence electrons. The zero-order valence-corrected chi connectivity index (χ0v) is 13.8. The fourth-order valence-corrected chi connectivity index (χ4v) is 2.50. The molecular weight excluding hydrogens is 252 g/mol. The van der Waals surface area contributed by atoms with E-state index in [1.54, 1.807) is 0 Å². The molecule has 2 atom stereocenters. The second kappa shape index (κ2) is 7.87. The van der Waals surface area contributed by atoms with Gasteiger partial charge in [0, 0.05) is 18.6 Å². The number of hydrogen-bond donors (Lipinski definition) is 2. The van der Waals surface area contributed by atoms with Gasteiger partial charge in [-0.2, -0.15) is 0 Å². The summed E-state index contributed by atoms with van der Waals surface area (Å²) in [5.74, 6) is 0.848. The second-order valence-corrected chi connectivity index (χ2v) is 6.89. The van der Waals surface area contributed by atoms with E-state index < -0.39 is 5.60 Å². The molecule has 1 saturated carbocycles. The summed E-state index contributed by atoms with van der Waals surface area (Å²) < 4.78 is 5.28. The van der Waals surface area contributed by atoms with E-state index in [1.165, 1.54) is 12.8 Å². The maximum Gasteiger partial charge on any atom is 0.407 e. The molecule has 1 amide bonds. The predicted octanol–water partition coefficient (Wildman–Crippen LogP) is 3.46. The second-order valence-electron chi connectivity index (χ2n) is 6.89. The van der Waals surface area contributed by atoms with Gasteiger partial charge in [0.15, 0.2) is 0 Å². The van der Waals surface area contributed by atoms with Crippen LogP contribution < -0.4 is 10.6 Å². The molecule has 0 bridgehead atoms. The van der Waals surface area contributed by atoms with E-state index in [1.807, 2.05) is 20.8 Å². The fraction of sp³-hybridized carbons (Fsp3) is 0.938. The average molecular weight is 284 g/mol. The molecule has 1 fully saturated rings. The van der Waals surface area contributed by atoms with Gasteiger partial charge in [0.2, 0.25) is 0 Å². The van der Waals surface area contributed by atoms with Crippen molar-refractivity contribution < 1.29 is 9.53 Å². The fourth-order valence-electron chi connectivity index (χ4n) is 2.50. The Morgan fingerprint density at radius 1 is 1.30 bits per heavy atom. The van der Waals surface area contributed by atoms with Crippen molar-refractivity contribution in [1.82, 2.24) is 10.6 Å². The van der Waals surface area contributed by atoms with Gasteiger partial charge in [0.1, 0.15) is 5.60 Å². The third-order valence-electron chi connectivity index (χ3n) is 3.61. The number of nitrogens with one attached hydrogen (secondary N) is 2. The van der Waals surface area contributed by atoms with Gasteiger partial charge in [-0.3, -0.25) is 0 Å². The van der Waals surface area contributed by atoms with E-state index in [0.717, 1.165) is 25.2 Å². The monoisotopic (exact) mass is 284 g/mol. The third-order valence-corrected chi connectivity index (χ3v) is 3.61. The van der Waals surface area contributed by atoms with Crippen LogP contribution >= 0.6 is 0 Å². The van der Waals surface area contributed by atoms with Crippen molar-refractivity contribution in [3.05, 3.63) is 0 Å². The Balaban J connectivity index is 2.36. The lowest BCUT2D eigenvalue weighted by atomic mass is 10.1. The first-order chi connectivity index (χ1) is 9.35. The largest absolute Gasteiger partial charge is 0.444 e. The van der Waals surface area contributed by atoms with Gasteiger partial charge in [-0.25, -0.2) is 4.79 Å². The minimum atomic E-state index is -0.433. The van der Waals surface area contributed by atoms with E-state index in [2.05, 4.69) is 24.5 Å². The van der Waals surface area contributed by atoms with Gasteiger partial charge < -0.3 is 15.4 Å². The van der Waals surface area contributed by atoms with E-state index >= 15 is 0 Å². The van der Waals surface area contributed by atoms with Crippen LogP contribution in [-0.4, -0.2) is 30.3 Å². The molecule has 0 spiro atoms. The standard InChI is InChI=1S/C16H32N2O2/c1-6-8-13(18-14(7-2)12-9-10-12)11-17-15(19)20-16(3,4)5/h12-14,18H,6-11H2,1-5H3,(H,17,19). The summed E-state index contributed by atoms with van der Waals surface area (Å²) in [6.45, 7) is 10.7. The molecule has 0 aliphatic heterocycles. The maximum absolute atomic E-state index is 11.7. The molecule has 0 saturated heterocycles. The molecule has 0 aromatic rings. The molecule has 0 aromatic carbocycles. The molecule has 4 heteroatoms. The van der Waals surface area contributed by atoms with Crippen LogP contribution in [0.3, 0.4) is 0 Å². The number of rotatable bonds is 8. The minimum absolute atomic E-state index is 0.320. The number of ether oxygens (including phenoxy) is 1. The lowest BCUT2D eigenvalue weighted by Crippen LogP contribution is -2.47. The van der Waals surface area contributed by atoms with E-state index in [0.29, 0.717) is 18.6 Å². The van der Waals surface area contributed by atoms with Crippen LogP contribution in [-0.2, 0) is 4.74 Å². The first-order valence-corrected chi connectivity index (χ1v) is 8.08. The van der Waals surface area contributed by atoms with Crippen LogP contribution in [0.25, 0.3) is 0 Å². The molecule has 1 aliphatic rings. The summed E-state index contributed by atoms with van der Waals surface area (Å²) in [7, 11) is 0. The Labute approximate surface area is 124 Å². The highest BCUT2D eigenvalue weighted by Crippen LogP contribution is 2.34. The molecule has 0 radical (unpaired) electrons. The molecule has 1 aliphatic carbocycles. The van der Waals surface area contributed by atoms with Crippen LogP contribution in [0.2, 0.25) is 0 Å². The minimum Gasteiger partial charge on any atom is -0.444 e. The van der Waals surface area contributed by atoms with Crippen molar-refractivity contribution in [2.45, 2.75) is 84.4 Å². The van der Waals surface area contributed by atoms with Gasteiger partial charge in [0.25, 0.3) is 0 Å². The Kier molecular flexibility index (Phi) is 6.80. The summed E-state index contributed by atoms with van der Waals surface area (Å²) in [6.07, 6.45) is 5.75. The van der Waals surface area contributed by atoms with Crippen molar-refractivity contribution in [2.75, 3.05) is 6.54 Å². The molecule has 20 heavy (non-hydrogen) atoms.